The van der Waals surface area contributed by atoms with Crippen molar-refractivity contribution in [1.29, 1.82) is 0 Å². The van der Waals surface area contributed by atoms with E-state index in [2.05, 4.69) is 72.4 Å². The molecule has 172 valence electrons. The molecule has 1 aromatic carbocycles. The number of carbonyl (C=O) groups excluding carboxylic acids is 2. The highest BCUT2D eigenvalue weighted by Crippen LogP contribution is 2.23. The first-order valence-corrected chi connectivity index (χ1v) is 9.96. The lowest BCUT2D eigenvalue weighted by Crippen LogP contribution is -2.25. The molecule has 0 saturated heterocycles. The average Bonchev–Trinajstić information content (AvgIpc) is 3.20. The lowest BCUT2D eigenvalue weighted by Gasteiger charge is -2.10. The Kier molecular flexibility index (Phi) is 7.37. The zero-order chi connectivity index (χ0) is 24.2. The third-order valence-electron chi connectivity index (χ3n) is 3.55. The Hall–Kier alpha value is -3.40. The fraction of sp³-hybridized carbons (Fsp3) is 0.0588. The fourth-order valence-electron chi connectivity index (χ4n) is 2.12. The van der Waals surface area contributed by atoms with E-state index in [1.54, 1.807) is 0 Å². The molecule has 1 amide bonds. The molecule has 0 fully saturated rings. The summed E-state index contributed by atoms with van der Waals surface area (Å²) in [4.78, 5) is 31.3. The van der Waals surface area contributed by atoms with Crippen molar-refractivity contribution in [2.75, 3.05) is 10.6 Å². The van der Waals surface area contributed by atoms with Crippen molar-refractivity contribution in [3.63, 3.8) is 0 Å². The van der Waals surface area contributed by atoms with Crippen molar-refractivity contribution in [3.05, 3.63) is 62.7 Å². The number of benzene rings is 1. The standard InChI is InChI=1S/C17H8Br2F4N6O4/c18-8-3-7(5-24-6-8)15(30)26-14-12(27-33-29-14)13(28-32-16(31)17(21,22)23)25-9-1-2-11(20)10(19)4-9/h1-6H,(H,25,28)(H,26,29,30). The van der Waals surface area contributed by atoms with E-state index in [9.17, 15) is 27.2 Å². The first-order valence-electron chi connectivity index (χ1n) is 8.37. The van der Waals surface area contributed by atoms with Crippen LogP contribution in [0, 0.1) is 5.82 Å². The maximum atomic E-state index is 13.5. The lowest BCUT2D eigenvalue weighted by molar-refractivity contribution is -0.199. The maximum absolute atomic E-state index is 13.5. The van der Waals surface area contributed by atoms with Crippen LogP contribution in [0.1, 0.15) is 16.1 Å². The van der Waals surface area contributed by atoms with Gasteiger partial charge in [-0.15, -0.1) is 0 Å². The summed E-state index contributed by atoms with van der Waals surface area (Å²) >= 11 is 6.10. The number of alkyl halides is 3. The van der Waals surface area contributed by atoms with Gasteiger partial charge in [-0.1, -0.05) is 5.16 Å². The van der Waals surface area contributed by atoms with Crippen LogP contribution in [0.3, 0.4) is 0 Å². The molecular formula is C17H8Br2F4N6O4. The summed E-state index contributed by atoms with van der Waals surface area (Å²) < 4.78 is 56.1. The molecule has 10 nitrogen and oxygen atoms in total. The Balaban J connectivity index is 1.93. The fourth-order valence-corrected chi connectivity index (χ4v) is 2.86. The Morgan fingerprint density at radius 1 is 1.09 bits per heavy atom. The van der Waals surface area contributed by atoms with E-state index >= 15 is 0 Å². The molecule has 0 radical (unpaired) electrons. The Bertz CT molecular complexity index is 1230. The molecule has 2 heterocycles. The third-order valence-corrected chi connectivity index (χ3v) is 4.59. The van der Waals surface area contributed by atoms with Gasteiger partial charge in [-0.2, -0.15) is 13.2 Å². The van der Waals surface area contributed by atoms with Crippen LogP contribution in [0.2, 0.25) is 0 Å². The van der Waals surface area contributed by atoms with Gasteiger partial charge >= 0.3 is 12.1 Å². The van der Waals surface area contributed by atoms with Gasteiger partial charge in [0.15, 0.2) is 5.69 Å². The van der Waals surface area contributed by atoms with E-state index < -0.39 is 35.4 Å². The third kappa shape index (κ3) is 6.32. The van der Waals surface area contributed by atoms with Crippen LogP contribution in [0.25, 0.3) is 0 Å². The summed E-state index contributed by atoms with van der Waals surface area (Å²) in [5.74, 6) is -4.96. The van der Waals surface area contributed by atoms with Crippen molar-refractivity contribution in [2.24, 2.45) is 5.16 Å². The zero-order valence-electron chi connectivity index (χ0n) is 15.7. The van der Waals surface area contributed by atoms with E-state index in [-0.39, 0.29) is 21.5 Å². The van der Waals surface area contributed by atoms with Gasteiger partial charge in [-0.3, -0.25) is 9.78 Å². The second-order valence-electron chi connectivity index (χ2n) is 5.88. The number of aromatic nitrogens is 3. The van der Waals surface area contributed by atoms with Crippen molar-refractivity contribution in [3.8, 4) is 0 Å². The number of hydrogen-bond acceptors (Lipinski definition) is 8. The molecule has 2 aromatic heterocycles. The maximum Gasteiger partial charge on any atom is 0.493 e. The Morgan fingerprint density at radius 3 is 2.52 bits per heavy atom. The first kappa shape index (κ1) is 24.2. The molecular weight excluding hydrogens is 588 g/mol. The topological polar surface area (TPSA) is 132 Å². The molecule has 3 rings (SSSR count). The quantitative estimate of drug-likeness (QED) is 0.147. The van der Waals surface area contributed by atoms with Crippen LogP contribution < -0.4 is 10.6 Å². The molecule has 0 aliphatic carbocycles. The van der Waals surface area contributed by atoms with Gasteiger partial charge in [0.2, 0.25) is 11.7 Å². The molecule has 16 heteroatoms. The van der Waals surface area contributed by atoms with Crippen LogP contribution in [-0.2, 0) is 9.63 Å². The summed E-state index contributed by atoms with van der Waals surface area (Å²) in [6, 6.07) is 4.90. The van der Waals surface area contributed by atoms with Crippen LogP contribution in [0.4, 0.5) is 29.1 Å². The molecule has 0 aliphatic heterocycles. The van der Waals surface area contributed by atoms with Crippen molar-refractivity contribution in [2.45, 2.75) is 6.18 Å². The predicted molar refractivity (Wildman–Crippen MR) is 111 cm³/mol. The SMILES string of the molecule is O=C(Nc1nonc1/C(=N\OC(=O)C(F)(F)F)Nc1ccc(F)c(Br)c1)c1cncc(Br)c1. The van der Waals surface area contributed by atoms with Crippen LogP contribution in [-0.4, -0.2) is 39.2 Å². The minimum absolute atomic E-state index is 0.00750. The van der Waals surface area contributed by atoms with Crippen LogP contribution in [0.15, 0.2) is 55.4 Å². The molecule has 0 spiro atoms. The number of amides is 1. The number of carbonyl (C=O) groups is 2. The molecule has 3 aromatic rings. The Morgan fingerprint density at radius 2 is 1.85 bits per heavy atom. The highest BCUT2D eigenvalue weighted by molar-refractivity contribution is 9.10. The highest BCUT2D eigenvalue weighted by Gasteiger charge is 2.42. The Labute approximate surface area is 197 Å². The summed E-state index contributed by atoms with van der Waals surface area (Å²) in [6.45, 7) is 0. The number of oxime groups is 1. The largest absolute Gasteiger partial charge is 0.493 e. The molecule has 0 saturated carbocycles. The zero-order valence-corrected chi connectivity index (χ0v) is 18.8. The van der Waals surface area contributed by atoms with Gasteiger partial charge in [0.05, 0.1) is 10.0 Å². The number of amidine groups is 1. The summed E-state index contributed by atoms with van der Waals surface area (Å²) in [7, 11) is 0. The van der Waals surface area contributed by atoms with E-state index in [1.807, 2.05) is 0 Å². The highest BCUT2D eigenvalue weighted by atomic mass is 79.9. The lowest BCUT2D eigenvalue weighted by atomic mass is 10.2. The number of hydrogen-bond donors (Lipinski definition) is 2. The number of halogens is 6. The second kappa shape index (κ2) is 10.0. The van der Waals surface area contributed by atoms with Gasteiger partial charge in [0.1, 0.15) is 5.82 Å². The molecule has 0 atom stereocenters. The molecule has 33 heavy (non-hydrogen) atoms. The second-order valence-corrected chi connectivity index (χ2v) is 7.65. The van der Waals surface area contributed by atoms with Crippen molar-refractivity contribution >= 4 is 61.1 Å². The summed E-state index contributed by atoms with van der Waals surface area (Å²) in [6.07, 6.45) is -2.66. The summed E-state index contributed by atoms with van der Waals surface area (Å²) in [5.41, 5.74) is -0.237. The van der Waals surface area contributed by atoms with Crippen molar-refractivity contribution < 1.29 is 36.6 Å². The van der Waals surface area contributed by atoms with Gasteiger partial charge in [-0.25, -0.2) is 13.8 Å². The van der Waals surface area contributed by atoms with Crippen LogP contribution >= 0.6 is 31.9 Å². The number of rotatable bonds is 5. The number of anilines is 2. The average molecular weight is 596 g/mol. The minimum atomic E-state index is -5.33. The number of pyridine rings is 1. The number of nitrogens with one attached hydrogen (secondary N) is 2. The normalized spacial score (nSPS) is 11.8. The smallest absolute Gasteiger partial charge is 0.335 e. The van der Waals surface area contributed by atoms with Crippen LogP contribution in [0.5, 0.6) is 0 Å². The monoisotopic (exact) mass is 594 g/mol. The van der Waals surface area contributed by atoms with Gasteiger partial charge in [0.25, 0.3) is 5.91 Å². The van der Waals surface area contributed by atoms with E-state index in [0.717, 1.165) is 6.07 Å². The minimum Gasteiger partial charge on any atom is -0.335 e. The molecule has 0 bridgehead atoms. The number of nitrogens with zero attached hydrogens (tertiary/aromatic N) is 4. The van der Waals surface area contributed by atoms with Crippen molar-refractivity contribution in [1.82, 2.24) is 15.3 Å². The molecule has 0 aliphatic rings. The summed E-state index contributed by atoms with van der Waals surface area (Å²) in [5, 5.41) is 14.9. The molecule has 0 unspecified atom stereocenters. The van der Waals surface area contributed by atoms with Gasteiger partial charge in [-0.05, 0) is 66.4 Å². The van der Waals surface area contributed by atoms with Gasteiger partial charge in [0, 0.05) is 22.6 Å². The van der Waals surface area contributed by atoms with E-state index in [1.165, 1.54) is 30.6 Å². The first-order chi connectivity index (χ1) is 15.5. The molecule has 2 N–H and O–H groups in total. The van der Waals surface area contributed by atoms with Gasteiger partial charge < -0.3 is 15.5 Å². The van der Waals surface area contributed by atoms with E-state index in [0.29, 0.717) is 4.47 Å². The van der Waals surface area contributed by atoms with E-state index in [4.69, 9.17) is 0 Å². The predicted octanol–water partition coefficient (Wildman–Crippen LogP) is 4.26.